The number of alkyl halides is 1. The van der Waals surface area contributed by atoms with Gasteiger partial charge in [-0.1, -0.05) is 19.8 Å². The van der Waals surface area contributed by atoms with E-state index in [4.69, 9.17) is 0 Å². The molecular weight excluding hydrogens is 467 g/mol. The summed E-state index contributed by atoms with van der Waals surface area (Å²) in [7, 11) is -1.17. The van der Waals surface area contributed by atoms with Crippen LogP contribution in [-0.2, 0) is 19.4 Å². The van der Waals surface area contributed by atoms with Crippen molar-refractivity contribution in [2.75, 3.05) is 12.8 Å². The first-order valence-electron chi connectivity index (χ1n) is 14.1. The summed E-state index contributed by atoms with van der Waals surface area (Å²) in [5.74, 6) is 0.638. The minimum atomic E-state index is -3.00. The van der Waals surface area contributed by atoms with Gasteiger partial charge in [-0.15, -0.1) is 0 Å². The van der Waals surface area contributed by atoms with Crippen LogP contribution < -0.4 is 5.32 Å². The lowest BCUT2D eigenvalue weighted by Crippen LogP contribution is -2.50. The van der Waals surface area contributed by atoms with Crippen molar-refractivity contribution in [3.05, 3.63) is 0 Å². The van der Waals surface area contributed by atoms with Crippen molar-refractivity contribution in [2.24, 2.45) is 23.7 Å². The summed E-state index contributed by atoms with van der Waals surface area (Å²) in [4.78, 5) is 27.5. The van der Waals surface area contributed by atoms with Gasteiger partial charge in [0.2, 0.25) is 11.8 Å². The van der Waals surface area contributed by atoms with Crippen LogP contribution in [-0.4, -0.2) is 61.4 Å². The SMILES string of the molecule is CC1CCCCC1N(C)C(=O)C1CCC(NC(=O)CC2CCC(S(=O)(=O)CC3CC3)CC2)CC1F. The summed E-state index contributed by atoms with van der Waals surface area (Å²) in [6.45, 7) is 2.19. The molecule has 0 aromatic rings. The van der Waals surface area contributed by atoms with Gasteiger partial charge in [0, 0.05) is 25.6 Å². The molecule has 0 spiro atoms. The molecule has 200 valence electrons. The molecule has 35 heavy (non-hydrogen) atoms. The normalized spacial score (nSPS) is 36.4. The van der Waals surface area contributed by atoms with Gasteiger partial charge in [0.25, 0.3) is 0 Å². The first kappa shape index (κ1) is 26.9. The van der Waals surface area contributed by atoms with E-state index < -0.39 is 21.9 Å². The number of carbonyl (C=O) groups excluding carboxylic acids is 2. The van der Waals surface area contributed by atoms with E-state index >= 15 is 4.39 Å². The Morgan fingerprint density at radius 3 is 2.20 bits per heavy atom. The molecule has 0 aromatic heterocycles. The fourth-order valence-electron chi connectivity index (χ4n) is 6.81. The maximum Gasteiger partial charge on any atom is 0.228 e. The van der Waals surface area contributed by atoms with Crippen molar-refractivity contribution in [3.63, 3.8) is 0 Å². The largest absolute Gasteiger partial charge is 0.353 e. The molecule has 8 heteroatoms. The van der Waals surface area contributed by atoms with Crippen molar-refractivity contribution in [1.82, 2.24) is 10.2 Å². The van der Waals surface area contributed by atoms with Gasteiger partial charge in [-0.05, 0) is 88.4 Å². The van der Waals surface area contributed by atoms with E-state index in [9.17, 15) is 18.0 Å². The van der Waals surface area contributed by atoms with Gasteiger partial charge in [-0.25, -0.2) is 12.8 Å². The third kappa shape index (κ3) is 6.98. The third-order valence-corrected chi connectivity index (χ3v) is 11.7. The van der Waals surface area contributed by atoms with Gasteiger partial charge >= 0.3 is 0 Å². The summed E-state index contributed by atoms with van der Waals surface area (Å²) < 4.78 is 40.2. The van der Waals surface area contributed by atoms with Crippen molar-refractivity contribution >= 4 is 21.7 Å². The van der Waals surface area contributed by atoms with E-state index in [-0.39, 0.29) is 41.5 Å². The number of hydrogen-bond acceptors (Lipinski definition) is 4. The monoisotopic (exact) mass is 512 g/mol. The number of hydrogen-bond donors (Lipinski definition) is 1. The van der Waals surface area contributed by atoms with Gasteiger partial charge < -0.3 is 10.2 Å². The molecule has 0 bridgehead atoms. The molecule has 4 fully saturated rings. The molecule has 4 saturated carbocycles. The van der Waals surface area contributed by atoms with Crippen LogP contribution in [0.3, 0.4) is 0 Å². The van der Waals surface area contributed by atoms with Gasteiger partial charge in [-0.2, -0.15) is 0 Å². The molecule has 4 aliphatic carbocycles. The Labute approximate surface area is 211 Å². The molecule has 1 N–H and O–H groups in total. The fourth-order valence-corrected chi connectivity index (χ4v) is 9.07. The zero-order valence-corrected chi connectivity index (χ0v) is 22.4. The van der Waals surface area contributed by atoms with Crippen molar-refractivity contribution in [3.8, 4) is 0 Å². The highest BCUT2D eigenvalue weighted by Crippen LogP contribution is 2.36. The zero-order valence-electron chi connectivity index (χ0n) is 21.6. The van der Waals surface area contributed by atoms with Gasteiger partial charge in [-0.3, -0.25) is 9.59 Å². The lowest BCUT2D eigenvalue weighted by Gasteiger charge is -2.40. The first-order valence-corrected chi connectivity index (χ1v) is 15.8. The highest BCUT2D eigenvalue weighted by molar-refractivity contribution is 7.92. The zero-order chi connectivity index (χ0) is 25.2. The second-order valence-electron chi connectivity index (χ2n) is 12.1. The van der Waals surface area contributed by atoms with E-state index in [2.05, 4.69) is 12.2 Å². The molecule has 0 heterocycles. The molecule has 5 atom stereocenters. The average Bonchev–Trinajstić information content (AvgIpc) is 3.62. The molecule has 6 nitrogen and oxygen atoms in total. The Morgan fingerprint density at radius 1 is 0.914 bits per heavy atom. The predicted octanol–water partition coefficient (Wildman–Crippen LogP) is 4.42. The highest BCUT2D eigenvalue weighted by atomic mass is 32.2. The van der Waals surface area contributed by atoms with Crippen molar-refractivity contribution in [2.45, 2.75) is 120 Å². The number of halogens is 1. The van der Waals surface area contributed by atoms with Crippen LogP contribution in [0.2, 0.25) is 0 Å². The lowest BCUT2D eigenvalue weighted by molar-refractivity contribution is -0.141. The summed E-state index contributed by atoms with van der Waals surface area (Å²) in [6, 6.07) is -0.0182. The minimum absolute atomic E-state index is 0.0654. The van der Waals surface area contributed by atoms with Crippen LogP contribution in [0.4, 0.5) is 4.39 Å². The summed E-state index contributed by atoms with van der Waals surface area (Å²) >= 11 is 0. The Morgan fingerprint density at radius 2 is 1.57 bits per heavy atom. The summed E-state index contributed by atoms with van der Waals surface area (Å²) in [5.41, 5.74) is 0. The van der Waals surface area contributed by atoms with E-state index in [1.807, 2.05) is 7.05 Å². The quantitative estimate of drug-likeness (QED) is 0.522. The van der Waals surface area contributed by atoms with Gasteiger partial charge in [0.05, 0.1) is 16.9 Å². The van der Waals surface area contributed by atoms with Crippen molar-refractivity contribution in [1.29, 1.82) is 0 Å². The summed E-state index contributed by atoms with van der Waals surface area (Å²) in [5, 5.41) is 2.77. The molecule has 0 radical (unpaired) electrons. The second kappa shape index (κ2) is 11.5. The van der Waals surface area contributed by atoms with Crippen LogP contribution in [0.1, 0.15) is 96.8 Å². The van der Waals surface area contributed by atoms with Crippen LogP contribution in [0, 0.1) is 23.7 Å². The molecule has 4 rings (SSSR count). The predicted molar refractivity (Wildman–Crippen MR) is 135 cm³/mol. The lowest BCUT2D eigenvalue weighted by atomic mass is 9.81. The topological polar surface area (TPSA) is 83.6 Å². The molecule has 0 aromatic carbocycles. The maximum atomic E-state index is 15.1. The van der Waals surface area contributed by atoms with Crippen molar-refractivity contribution < 1.29 is 22.4 Å². The number of rotatable bonds is 8. The second-order valence-corrected chi connectivity index (χ2v) is 14.4. The molecule has 0 saturated heterocycles. The molecule has 0 aliphatic heterocycles. The Kier molecular flexibility index (Phi) is 8.81. The van der Waals surface area contributed by atoms with Crippen LogP contribution in [0.5, 0.6) is 0 Å². The maximum absolute atomic E-state index is 15.1. The van der Waals surface area contributed by atoms with E-state index in [1.54, 1.807) is 4.90 Å². The first-order chi connectivity index (χ1) is 16.6. The third-order valence-electron chi connectivity index (χ3n) is 9.31. The number of carbonyl (C=O) groups is 2. The van der Waals surface area contributed by atoms with Crippen LogP contribution >= 0.6 is 0 Å². The standard InChI is InChI=1S/C27H45FN2O4S/c1-18-5-3-4-6-25(18)30(2)27(32)23-14-11-21(16-24(23)28)29-26(31)15-19-9-12-22(13-10-19)35(33,34)17-20-7-8-20/h18-25H,3-17H2,1-2H3,(H,29,31). The summed E-state index contributed by atoms with van der Waals surface area (Å²) in [6.07, 6.45) is 9.83. The van der Waals surface area contributed by atoms with Gasteiger partial charge in [0.15, 0.2) is 9.84 Å². The fraction of sp³-hybridized carbons (Fsp3) is 0.926. The Balaban J connectivity index is 1.18. The van der Waals surface area contributed by atoms with E-state index in [0.29, 0.717) is 49.7 Å². The van der Waals surface area contributed by atoms with E-state index in [1.165, 1.54) is 6.42 Å². The smallest absolute Gasteiger partial charge is 0.228 e. The number of nitrogens with one attached hydrogen (secondary N) is 1. The van der Waals surface area contributed by atoms with Gasteiger partial charge in [0.1, 0.15) is 6.17 Å². The minimum Gasteiger partial charge on any atom is -0.353 e. The Hall–Kier alpha value is -1.18. The molecule has 5 unspecified atom stereocenters. The molecule has 2 amide bonds. The molecular formula is C27H45FN2O4S. The molecule has 4 aliphatic rings. The Bertz CT molecular complexity index is 853. The van der Waals surface area contributed by atoms with Crippen LogP contribution in [0.25, 0.3) is 0 Å². The van der Waals surface area contributed by atoms with E-state index in [0.717, 1.165) is 44.9 Å². The average molecular weight is 513 g/mol. The highest BCUT2D eigenvalue weighted by Gasteiger charge is 2.40. The van der Waals surface area contributed by atoms with Crippen LogP contribution in [0.15, 0.2) is 0 Å². The number of amides is 2. The number of nitrogens with zero attached hydrogens (tertiary/aromatic N) is 1. The number of sulfone groups is 1.